The van der Waals surface area contributed by atoms with Gasteiger partial charge < -0.3 is 14.7 Å². The Morgan fingerprint density at radius 2 is 2.00 bits per heavy atom. The smallest absolute Gasteiger partial charge is 0.337 e. The van der Waals surface area contributed by atoms with Gasteiger partial charge in [0.1, 0.15) is 5.75 Å². The van der Waals surface area contributed by atoms with Gasteiger partial charge in [0.25, 0.3) is 0 Å². The molecule has 1 heterocycles. The van der Waals surface area contributed by atoms with Gasteiger partial charge in [0.05, 0.1) is 18.4 Å². The molecule has 3 rings (SSSR count). The largest absolute Gasteiger partial charge is 0.497 e. The molecule has 0 aromatic heterocycles. The van der Waals surface area contributed by atoms with Crippen LogP contribution >= 0.6 is 0 Å². The summed E-state index contributed by atoms with van der Waals surface area (Å²) in [5.41, 5.74) is 1.12. The number of aromatic carboxylic acids is 1. The van der Waals surface area contributed by atoms with Gasteiger partial charge in [0.2, 0.25) is 0 Å². The van der Waals surface area contributed by atoms with Crippen LogP contribution in [0, 0.1) is 5.92 Å². The molecule has 1 aliphatic carbocycles. The molecule has 5 nitrogen and oxygen atoms in total. The van der Waals surface area contributed by atoms with Crippen molar-refractivity contribution in [3.63, 3.8) is 0 Å². The van der Waals surface area contributed by atoms with E-state index < -0.39 is 5.97 Å². The third-order valence-corrected chi connectivity index (χ3v) is 4.36. The summed E-state index contributed by atoms with van der Waals surface area (Å²) >= 11 is 0. The highest BCUT2D eigenvalue weighted by Gasteiger charge is 2.27. The number of piperazine rings is 1. The average Bonchev–Trinajstić information content (AvgIpc) is 3.31. The second-order valence-corrected chi connectivity index (χ2v) is 5.92. The normalized spacial score (nSPS) is 19.6. The predicted octanol–water partition coefficient (Wildman–Crippen LogP) is 1.93. The number of carboxylic acid groups (broad SMARTS) is 1. The minimum absolute atomic E-state index is 0.353. The van der Waals surface area contributed by atoms with Crippen molar-refractivity contribution in [1.82, 2.24) is 4.90 Å². The molecule has 0 amide bonds. The van der Waals surface area contributed by atoms with Crippen molar-refractivity contribution in [2.75, 3.05) is 44.7 Å². The molecule has 1 aromatic carbocycles. The lowest BCUT2D eigenvalue weighted by molar-refractivity contribution is 0.0697. The van der Waals surface area contributed by atoms with E-state index in [1.54, 1.807) is 19.2 Å². The third-order valence-electron chi connectivity index (χ3n) is 4.36. The molecule has 0 bridgehead atoms. The van der Waals surface area contributed by atoms with E-state index in [0.29, 0.717) is 11.3 Å². The van der Waals surface area contributed by atoms with E-state index in [1.165, 1.54) is 19.4 Å². The Labute approximate surface area is 125 Å². The number of methoxy groups -OCH3 is 1. The summed E-state index contributed by atoms with van der Waals surface area (Å²) in [7, 11) is 1.60. The summed E-state index contributed by atoms with van der Waals surface area (Å²) in [5, 5.41) is 9.36. The molecule has 1 saturated carbocycles. The number of hydrogen-bond acceptors (Lipinski definition) is 4. The number of carbonyl (C=O) groups is 1. The number of ether oxygens (including phenoxy) is 1. The first kappa shape index (κ1) is 14.2. The zero-order valence-electron chi connectivity index (χ0n) is 12.4. The van der Waals surface area contributed by atoms with Crippen molar-refractivity contribution < 1.29 is 14.6 Å². The summed E-state index contributed by atoms with van der Waals surface area (Å²) < 4.78 is 5.23. The monoisotopic (exact) mass is 290 g/mol. The first-order valence-electron chi connectivity index (χ1n) is 7.56. The van der Waals surface area contributed by atoms with E-state index in [2.05, 4.69) is 9.80 Å². The lowest BCUT2D eigenvalue weighted by atomic mass is 10.1. The molecule has 114 valence electrons. The molecule has 0 atom stereocenters. The first-order valence-corrected chi connectivity index (χ1v) is 7.56. The van der Waals surface area contributed by atoms with Gasteiger partial charge in [-0.25, -0.2) is 4.79 Å². The van der Waals surface area contributed by atoms with Gasteiger partial charge in [-0.05, 0) is 30.9 Å². The molecule has 1 aromatic rings. The highest BCUT2D eigenvalue weighted by atomic mass is 16.5. The van der Waals surface area contributed by atoms with Crippen molar-refractivity contribution in [2.45, 2.75) is 12.8 Å². The van der Waals surface area contributed by atoms with Crippen molar-refractivity contribution in [1.29, 1.82) is 0 Å². The maximum absolute atomic E-state index is 11.4. The molecule has 0 radical (unpaired) electrons. The Morgan fingerprint density at radius 1 is 1.29 bits per heavy atom. The fraction of sp³-hybridized carbons (Fsp3) is 0.562. The summed E-state index contributed by atoms with van der Waals surface area (Å²) in [6, 6.07) is 5.17. The van der Waals surface area contributed by atoms with E-state index in [0.717, 1.165) is 37.8 Å². The summed E-state index contributed by atoms with van der Waals surface area (Å²) in [6.07, 6.45) is 2.75. The molecule has 2 fully saturated rings. The minimum Gasteiger partial charge on any atom is -0.497 e. The van der Waals surface area contributed by atoms with Crippen molar-refractivity contribution in [2.24, 2.45) is 5.92 Å². The number of nitrogens with zero attached hydrogens (tertiary/aromatic N) is 2. The quantitative estimate of drug-likeness (QED) is 0.898. The van der Waals surface area contributed by atoms with Crippen LogP contribution in [-0.2, 0) is 0 Å². The van der Waals surface area contributed by atoms with Crippen LogP contribution < -0.4 is 9.64 Å². The van der Waals surface area contributed by atoms with E-state index in [4.69, 9.17) is 4.74 Å². The number of hydrogen-bond donors (Lipinski definition) is 1. The van der Waals surface area contributed by atoms with Gasteiger partial charge in [-0.15, -0.1) is 0 Å². The third kappa shape index (κ3) is 3.29. The minimum atomic E-state index is -0.881. The Kier molecular flexibility index (Phi) is 4.01. The summed E-state index contributed by atoms with van der Waals surface area (Å²) in [5.74, 6) is 0.728. The maximum Gasteiger partial charge on any atom is 0.337 e. The molecule has 1 aliphatic heterocycles. The summed E-state index contributed by atoms with van der Waals surface area (Å²) in [4.78, 5) is 16.1. The Bertz CT molecular complexity index is 520. The molecular formula is C16H22N2O3. The lowest BCUT2D eigenvalue weighted by Gasteiger charge is -2.36. The van der Waals surface area contributed by atoms with Crippen LogP contribution in [-0.4, -0.2) is 55.8 Å². The van der Waals surface area contributed by atoms with E-state index in [1.807, 2.05) is 6.07 Å². The van der Waals surface area contributed by atoms with Crippen LogP contribution in [0.5, 0.6) is 5.75 Å². The molecular weight excluding hydrogens is 268 g/mol. The van der Waals surface area contributed by atoms with Crippen LogP contribution in [0.1, 0.15) is 23.2 Å². The molecule has 1 N–H and O–H groups in total. The van der Waals surface area contributed by atoms with Crippen LogP contribution in [0.2, 0.25) is 0 Å². The average molecular weight is 290 g/mol. The molecule has 2 aliphatic rings. The molecule has 21 heavy (non-hydrogen) atoms. The van der Waals surface area contributed by atoms with Gasteiger partial charge in [0, 0.05) is 38.8 Å². The molecule has 1 saturated heterocycles. The number of carboxylic acids is 1. The Hall–Kier alpha value is -1.75. The van der Waals surface area contributed by atoms with Gasteiger partial charge >= 0.3 is 5.97 Å². The van der Waals surface area contributed by atoms with Crippen LogP contribution in [0.25, 0.3) is 0 Å². The van der Waals surface area contributed by atoms with E-state index in [-0.39, 0.29) is 0 Å². The highest BCUT2D eigenvalue weighted by molar-refractivity contribution is 5.94. The van der Waals surface area contributed by atoms with Crippen molar-refractivity contribution in [3.8, 4) is 5.75 Å². The second-order valence-electron chi connectivity index (χ2n) is 5.92. The zero-order valence-corrected chi connectivity index (χ0v) is 12.4. The number of benzene rings is 1. The molecule has 5 heteroatoms. The lowest BCUT2D eigenvalue weighted by Crippen LogP contribution is -2.47. The zero-order chi connectivity index (χ0) is 14.8. The van der Waals surface area contributed by atoms with Crippen molar-refractivity contribution >= 4 is 11.7 Å². The highest BCUT2D eigenvalue weighted by Crippen LogP contribution is 2.31. The van der Waals surface area contributed by atoms with Crippen LogP contribution in [0.4, 0.5) is 5.69 Å². The van der Waals surface area contributed by atoms with E-state index >= 15 is 0 Å². The van der Waals surface area contributed by atoms with Crippen molar-refractivity contribution in [3.05, 3.63) is 23.8 Å². The number of rotatable bonds is 5. The number of anilines is 1. The van der Waals surface area contributed by atoms with Gasteiger partial charge in [0.15, 0.2) is 0 Å². The molecule has 0 spiro atoms. The first-order chi connectivity index (χ1) is 10.2. The van der Waals surface area contributed by atoms with Gasteiger partial charge in [-0.2, -0.15) is 0 Å². The standard InChI is InChI=1S/C16H22N2O3/c1-21-13-4-5-14(16(19)20)15(10-13)18-8-6-17(7-9-18)11-12-2-3-12/h4-5,10,12H,2-3,6-9,11H2,1H3,(H,19,20). The van der Waals surface area contributed by atoms with E-state index in [9.17, 15) is 9.90 Å². The fourth-order valence-corrected chi connectivity index (χ4v) is 2.92. The second kappa shape index (κ2) is 5.93. The Balaban J connectivity index is 1.72. The Morgan fingerprint density at radius 3 is 2.57 bits per heavy atom. The molecule has 0 unspecified atom stereocenters. The van der Waals surface area contributed by atoms with Gasteiger partial charge in [-0.3, -0.25) is 4.90 Å². The van der Waals surface area contributed by atoms with Crippen LogP contribution in [0.15, 0.2) is 18.2 Å². The maximum atomic E-state index is 11.4. The summed E-state index contributed by atoms with van der Waals surface area (Å²) in [6.45, 7) is 4.97. The fourth-order valence-electron chi connectivity index (χ4n) is 2.92. The SMILES string of the molecule is COc1ccc(C(=O)O)c(N2CCN(CC3CC3)CC2)c1. The topological polar surface area (TPSA) is 53.0 Å². The van der Waals surface area contributed by atoms with Crippen LogP contribution in [0.3, 0.4) is 0 Å². The predicted molar refractivity (Wildman–Crippen MR) is 81.3 cm³/mol. The van der Waals surface area contributed by atoms with Gasteiger partial charge in [-0.1, -0.05) is 0 Å².